The van der Waals surface area contributed by atoms with Crippen LogP contribution in [0.4, 0.5) is 0 Å². The minimum atomic E-state index is 0.768. The zero-order valence-corrected chi connectivity index (χ0v) is 10.3. The highest BCUT2D eigenvalue weighted by atomic mass is 32.2. The van der Waals surface area contributed by atoms with E-state index in [-0.39, 0.29) is 0 Å². The van der Waals surface area contributed by atoms with Crippen LogP contribution in [0, 0.1) is 5.92 Å². The third-order valence-electron chi connectivity index (χ3n) is 1.73. The molecule has 1 nitrogen and oxygen atoms in total. The van der Waals surface area contributed by atoms with Crippen molar-refractivity contribution in [1.29, 1.82) is 0 Å². The fraction of sp³-hybridized carbons (Fsp3) is 0.800. The van der Waals surface area contributed by atoms with E-state index < -0.39 is 0 Å². The van der Waals surface area contributed by atoms with E-state index in [4.69, 9.17) is 0 Å². The molecule has 1 rings (SSSR count). The lowest BCUT2D eigenvalue weighted by atomic mass is 10.1. The smallest absolute Gasteiger partial charge is 0.0616 e. The summed E-state index contributed by atoms with van der Waals surface area (Å²) in [5, 5.41) is 3.35. The highest BCUT2D eigenvalue weighted by Crippen LogP contribution is 2.39. The second-order valence-electron chi connectivity index (χ2n) is 3.87. The lowest BCUT2D eigenvalue weighted by Crippen LogP contribution is -2.05. The van der Waals surface area contributed by atoms with Gasteiger partial charge in [-0.25, -0.2) is 0 Å². The van der Waals surface area contributed by atoms with Crippen LogP contribution >= 0.6 is 23.5 Å². The molecule has 0 amide bonds. The zero-order chi connectivity index (χ0) is 9.68. The number of nitrogens with one attached hydrogen (secondary N) is 1. The van der Waals surface area contributed by atoms with Crippen molar-refractivity contribution in [3.63, 3.8) is 0 Å². The van der Waals surface area contributed by atoms with Gasteiger partial charge in [0.05, 0.1) is 10.5 Å². The largest absolute Gasteiger partial charge is 0.382 e. The summed E-state index contributed by atoms with van der Waals surface area (Å²) in [6.07, 6.45) is 3.37. The minimum Gasteiger partial charge on any atom is -0.382 e. The van der Waals surface area contributed by atoms with Gasteiger partial charge in [-0.2, -0.15) is 0 Å². The normalized spacial score (nSPS) is 22.2. The Bertz CT molecular complexity index is 174. The summed E-state index contributed by atoms with van der Waals surface area (Å²) in [4.78, 5) is 0. The second-order valence-corrected chi connectivity index (χ2v) is 6.59. The SMILES string of the molecule is C/C(=C\NCSC1CS1)CC(C)C. The molecule has 0 aromatic heterocycles. The van der Waals surface area contributed by atoms with Crippen molar-refractivity contribution in [2.75, 3.05) is 11.6 Å². The Balaban J connectivity index is 1.99. The highest BCUT2D eigenvalue weighted by molar-refractivity contribution is 8.23. The van der Waals surface area contributed by atoms with Gasteiger partial charge in [0, 0.05) is 5.75 Å². The molecule has 1 aliphatic heterocycles. The van der Waals surface area contributed by atoms with Crippen molar-refractivity contribution >= 4 is 23.5 Å². The maximum atomic E-state index is 3.35. The predicted octanol–water partition coefficient (Wildman–Crippen LogP) is 3.29. The molecule has 0 bridgehead atoms. The Labute approximate surface area is 90.1 Å². The molecule has 1 unspecified atom stereocenters. The molecule has 3 heteroatoms. The van der Waals surface area contributed by atoms with Gasteiger partial charge in [-0.3, -0.25) is 0 Å². The van der Waals surface area contributed by atoms with Gasteiger partial charge in [0.25, 0.3) is 0 Å². The summed E-state index contributed by atoms with van der Waals surface area (Å²) >= 11 is 4.05. The maximum Gasteiger partial charge on any atom is 0.0616 e. The van der Waals surface area contributed by atoms with E-state index in [2.05, 4.69) is 32.3 Å². The fourth-order valence-electron chi connectivity index (χ4n) is 1.20. The summed E-state index contributed by atoms with van der Waals surface area (Å²) in [5.74, 6) is 3.18. The van der Waals surface area contributed by atoms with E-state index in [9.17, 15) is 0 Å². The van der Waals surface area contributed by atoms with Crippen LogP contribution < -0.4 is 5.32 Å². The first kappa shape index (κ1) is 11.3. The van der Waals surface area contributed by atoms with Gasteiger partial charge in [0.15, 0.2) is 0 Å². The Morgan fingerprint density at radius 2 is 2.38 bits per heavy atom. The second kappa shape index (κ2) is 5.86. The molecule has 1 N–H and O–H groups in total. The number of thioether (sulfide) groups is 2. The molecule has 0 radical (unpaired) electrons. The molecule has 76 valence electrons. The summed E-state index contributed by atoms with van der Waals surface area (Å²) in [6, 6.07) is 0. The average molecular weight is 217 g/mol. The summed E-state index contributed by atoms with van der Waals surface area (Å²) in [6.45, 7) is 6.71. The molecule has 13 heavy (non-hydrogen) atoms. The van der Waals surface area contributed by atoms with Crippen LogP contribution in [0.5, 0.6) is 0 Å². The van der Waals surface area contributed by atoms with Gasteiger partial charge in [-0.1, -0.05) is 19.4 Å². The molecular formula is C10H19NS2. The molecule has 1 saturated heterocycles. The summed E-state index contributed by atoms with van der Waals surface area (Å²) < 4.78 is 0.881. The molecule has 1 aliphatic rings. The van der Waals surface area contributed by atoms with Crippen LogP contribution in [0.25, 0.3) is 0 Å². The molecule has 0 aliphatic carbocycles. The molecule has 0 aromatic carbocycles. The number of allylic oxidation sites excluding steroid dienone is 1. The van der Waals surface area contributed by atoms with E-state index in [0.717, 1.165) is 16.4 Å². The van der Waals surface area contributed by atoms with Gasteiger partial charge in [0.1, 0.15) is 0 Å². The van der Waals surface area contributed by atoms with Crippen molar-refractivity contribution < 1.29 is 0 Å². The number of hydrogen-bond donors (Lipinski definition) is 1. The number of rotatable bonds is 6. The highest BCUT2D eigenvalue weighted by Gasteiger charge is 2.21. The number of hydrogen-bond acceptors (Lipinski definition) is 3. The van der Waals surface area contributed by atoms with Crippen molar-refractivity contribution in [3.05, 3.63) is 11.8 Å². The first-order valence-corrected chi connectivity index (χ1v) is 6.90. The lowest BCUT2D eigenvalue weighted by molar-refractivity contribution is 0.639. The van der Waals surface area contributed by atoms with E-state index in [1.807, 2.05) is 23.5 Å². The van der Waals surface area contributed by atoms with Crippen molar-refractivity contribution in [2.45, 2.75) is 31.8 Å². The molecule has 1 fully saturated rings. The van der Waals surface area contributed by atoms with E-state index in [1.54, 1.807) is 0 Å². The van der Waals surface area contributed by atoms with Gasteiger partial charge in [-0.05, 0) is 25.5 Å². The monoisotopic (exact) mass is 217 g/mol. The third-order valence-corrected chi connectivity index (χ3v) is 4.27. The van der Waals surface area contributed by atoms with Crippen LogP contribution in [0.1, 0.15) is 27.2 Å². The topological polar surface area (TPSA) is 12.0 Å². The van der Waals surface area contributed by atoms with Crippen LogP contribution in [0.15, 0.2) is 11.8 Å². The van der Waals surface area contributed by atoms with Gasteiger partial charge < -0.3 is 5.32 Å². The Morgan fingerprint density at radius 3 is 2.92 bits per heavy atom. The van der Waals surface area contributed by atoms with Gasteiger partial charge in [0.2, 0.25) is 0 Å². The van der Waals surface area contributed by atoms with E-state index >= 15 is 0 Å². The van der Waals surface area contributed by atoms with Crippen LogP contribution in [0.2, 0.25) is 0 Å². The third kappa shape index (κ3) is 6.33. The molecular weight excluding hydrogens is 198 g/mol. The molecule has 1 atom stereocenters. The van der Waals surface area contributed by atoms with Crippen LogP contribution in [-0.2, 0) is 0 Å². The maximum absolute atomic E-state index is 3.35. The molecule has 0 saturated carbocycles. The molecule has 1 heterocycles. The Kier molecular flexibility index (Phi) is 5.10. The van der Waals surface area contributed by atoms with E-state index in [1.165, 1.54) is 17.7 Å². The molecule has 0 aromatic rings. The Morgan fingerprint density at radius 1 is 1.69 bits per heavy atom. The quantitative estimate of drug-likeness (QED) is 0.416. The van der Waals surface area contributed by atoms with Gasteiger partial charge >= 0.3 is 0 Å². The minimum absolute atomic E-state index is 0.768. The van der Waals surface area contributed by atoms with Crippen molar-refractivity contribution in [2.24, 2.45) is 5.92 Å². The van der Waals surface area contributed by atoms with Gasteiger partial charge in [-0.15, -0.1) is 23.5 Å². The average Bonchev–Trinajstić information content (AvgIpc) is 2.80. The fourth-order valence-corrected chi connectivity index (χ4v) is 2.85. The first-order valence-electron chi connectivity index (χ1n) is 4.80. The Hall–Kier alpha value is 0.240. The predicted molar refractivity (Wildman–Crippen MR) is 65.1 cm³/mol. The van der Waals surface area contributed by atoms with Crippen molar-refractivity contribution in [3.8, 4) is 0 Å². The van der Waals surface area contributed by atoms with E-state index in [0.29, 0.717) is 0 Å². The summed E-state index contributed by atoms with van der Waals surface area (Å²) in [7, 11) is 0. The van der Waals surface area contributed by atoms with Crippen molar-refractivity contribution in [1.82, 2.24) is 5.32 Å². The zero-order valence-electron chi connectivity index (χ0n) is 8.67. The van der Waals surface area contributed by atoms with Crippen LogP contribution in [0.3, 0.4) is 0 Å². The summed E-state index contributed by atoms with van der Waals surface area (Å²) in [5.41, 5.74) is 1.46. The standard InChI is InChI=1S/C10H19NS2/c1-8(2)4-9(3)5-11-7-13-10-6-12-10/h5,8,10-11H,4,6-7H2,1-3H3/b9-5+. The molecule has 0 spiro atoms. The lowest BCUT2D eigenvalue weighted by Gasteiger charge is -2.05. The van der Waals surface area contributed by atoms with Crippen LogP contribution in [-0.4, -0.2) is 16.2 Å². The first-order chi connectivity index (χ1) is 6.18.